The molecule has 0 saturated carbocycles. The van der Waals surface area contributed by atoms with Crippen molar-refractivity contribution in [2.45, 2.75) is 25.6 Å². The summed E-state index contributed by atoms with van der Waals surface area (Å²) in [6, 6.07) is 13.0. The minimum absolute atomic E-state index is 0.237. The largest absolute Gasteiger partial charge is 0.396 e. The van der Waals surface area contributed by atoms with E-state index in [9.17, 15) is 5.11 Å². The lowest BCUT2D eigenvalue weighted by Crippen LogP contribution is -2.52. The number of aliphatic hydroxyl groups excluding tert-OH is 1. The highest BCUT2D eigenvalue weighted by atomic mass is 32.1. The van der Waals surface area contributed by atoms with Crippen molar-refractivity contribution in [2.24, 2.45) is 7.05 Å². The van der Waals surface area contributed by atoms with Crippen molar-refractivity contribution in [1.82, 2.24) is 19.6 Å². The number of rotatable bonds is 7. The van der Waals surface area contributed by atoms with E-state index in [0.29, 0.717) is 6.04 Å². The first-order valence-electron chi connectivity index (χ1n) is 9.89. The predicted molar refractivity (Wildman–Crippen MR) is 114 cm³/mol. The highest BCUT2D eigenvalue weighted by Crippen LogP contribution is 2.25. The van der Waals surface area contributed by atoms with E-state index < -0.39 is 0 Å². The molecule has 3 aromatic rings. The van der Waals surface area contributed by atoms with Gasteiger partial charge in [-0.1, -0.05) is 30.3 Å². The second kappa shape index (κ2) is 9.01. The number of nitrogens with zero attached hydrogens (tertiary/aromatic N) is 4. The van der Waals surface area contributed by atoms with E-state index in [-0.39, 0.29) is 6.61 Å². The molecule has 6 heteroatoms. The molecule has 1 aromatic carbocycles. The molecule has 0 radical (unpaired) electrons. The normalized spacial score (nSPS) is 18.6. The van der Waals surface area contributed by atoms with Crippen molar-refractivity contribution < 1.29 is 5.11 Å². The van der Waals surface area contributed by atoms with Crippen molar-refractivity contribution in [1.29, 1.82) is 0 Å². The Morgan fingerprint density at radius 1 is 1.14 bits per heavy atom. The van der Waals surface area contributed by atoms with Gasteiger partial charge in [0.2, 0.25) is 0 Å². The maximum absolute atomic E-state index is 9.58. The van der Waals surface area contributed by atoms with E-state index in [4.69, 9.17) is 5.10 Å². The molecule has 1 aliphatic rings. The Labute approximate surface area is 170 Å². The molecular weight excluding hydrogens is 368 g/mol. The van der Waals surface area contributed by atoms with Crippen LogP contribution in [-0.2, 0) is 20.1 Å². The van der Waals surface area contributed by atoms with Gasteiger partial charge in [0, 0.05) is 69.7 Å². The maximum atomic E-state index is 9.58. The van der Waals surface area contributed by atoms with Crippen LogP contribution in [0.15, 0.2) is 53.4 Å². The van der Waals surface area contributed by atoms with Gasteiger partial charge in [0.15, 0.2) is 0 Å². The number of piperazine rings is 1. The second-order valence-electron chi connectivity index (χ2n) is 7.55. The molecule has 0 bridgehead atoms. The first-order valence-corrected chi connectivity index (χ1v) is 10.8. The number of aromatic nitrogens is 2. The molecule has 1 N–H and O–H groups in total. The average molecular weight is 397 g/mol. The monoisotopic (exact) mass is 396 g/mol. The molecule has 28 heavy (non-hydrogen) atoms. The predicted octanol–water partition coefficient (Wildman–Crippen LogP) is 3.22. The zero-order valence-corrected chi connectivity index (χ0v) is 17.2. The molecule has 0 amide bonds. The van der Waals surface area contributed by atoms with Gasteiger partial charge in [-0.3, -0.25) is 14.5 Å². The molecule has 148 valence electrons. The van der Waals surface area contributed by atoms with Crippen LogP contribution in [0.2, 0.25) is 0 Å². The van der Waals surface area contributed by atoms with Gasteiger partial charge in [0.1, 0.15) is 0 Å². The fourth-order valence-corrected chi connectivity index (χ4v) is 4.74. The van der Waals surface area contributed by atoms with E-state index in [1.54, 1.807) is 11.3 Å². The smallest absolute Gasteiger partial charge is 0.0968 e. The van der Waals surface area contributed by atoms with Crippen molar-refractivity contribution in [2.75, 3.05) is 26.2 Å². The SMILES string of the molecule is Cn1cc(CN2CCN(Cc3ccsc3)[C@@H](CCO)C2)c(-c2ccccc2)n1. The van der Waals surface area contributed by atoms with Gasteiger partial charge in [-0.25, -0.2) is 0 Å². The minimum atomic E-state index is 0.237. The fraction of sp³-hybridized carbons (Fsp3) is 0.409. The third-order valence-electron chi connectivity index (χ3n) is 5.46. The lowest BCUT2D eigenvalue weighted by Gasteiger charge is -2.41. The van der Waals surface area contributed by atoms with Gasteiger partial charge in [-0.05, 0) is 28.8 Å². The third-order valence-corrected chi connectivity index (χ3v) is 6.19. The lowest BCUT2D eigenvalue weighted by atomic mass is 10.0. The molecule has 4 rings (SSSR count). The molecule has 2 aromatic heterocycles. The van der Waals surface area contributed by atoms with Crippen LogP contribution >= 0.6 is 11.3 Å². The Hall–Kier alpha value is -1.99. The van der Waals surface area contributed by atoms with Crippen molar-refractivity contribution in [3.05, 3.63) is 64.5 Å². The molecule has 1 saturated heterocycles. The molecule has 1 fully saturated rings. The van der Waals surface area contributed by atoms with E-state index >= 15 is 0 Å². The topological polar surface area (TPSA) is 44.5 Å². The molecule has 3 heterocycles. The first kappa shape index (κ1) is 19.3. The standard InChI is InChI=1S/C22H28N4OS/c1-24-14-20(22(23-24)19-5-3-2-4-6-19)15-25-9-10-26(21(16-25)7-11-27)13-18-8-12-28-17-18/h2-6,8,12,14,17,21,27H,7,9-11,13,15-16H2,1H3/t21-/m0/s1. The van der Waals surface area contributed by atoms with Crippen molar-refractivity contribution in [3.63, 3.8) is 0 Å². The van der Waals surface area contributed by atoms with Crippen LogP contribution in [0.25, 0.3) is 11.3 Å². The quantitative estimate of drug-likeness (QED) is 0.666. The molecule has 1 atom stereocenters. The second-order valence-corrected chi connectivity index (χ2v) is 8.33. The third kappa shape index (κ3) is 4.52. The zero-order valence-electron chi connectivity index (χ0n) is 16.4. The summed E-state index contributed by atoms with van der Waals surface area (Å²) in [6.45, 7) is 5.15. The van der Waals surface area contributed by atoms with Crippen molar-refractivity contribution in [3.8, 4) is 11.3 Å². The highest BCUT2D eigenvalue weighted by molar-refractivity contribution is 7.07. The minimum Gasteiger partial charge on any atom is -0.396 e. The van der Waals surface area contributed by atoms with Gasteiger partial charge in [-0.2, -0.15) is 16.4 Å². The van der Waals surface area contributed by atoms with E-state index in [1.807, 2.05) is 17.8 Å². The number of hydrogen-bond donors (Lipinski definition) is 1. The van der Waals surface area contributed by atoms with Gasteiger partial charge in [0.05, 0.1) is 5.69 Å². The molecule has 5 nitrogen and oxygen atoms in total. The summed E-state index contributed by atoms with van der Waals surface area (Å²) < 4.78 is 1.91. The Bertz CT molecular complexity index is 862. The number of thiophene rings is 1. The number of hydrogen-bond acceptors (Lipinski definition) is 5. The summed E-state index contributed by atoms with van der Waals surface area (Å²) in [4.78, 5) is 5.03. The summed E-state index contributed by atoms with van der Waals surface area (Å²) in [5.74, 6) is 0. The van der Waals surface area contributed by atoms with Crippen LogP contribution in [0.5, 0.6) is 0 Å². The summed E-state index contributed by atoms with van der Waals surface area (Å²) in [5, 5.41) is 18.7. The average Bonchev–Trinajstić information content (AvgIpc) is 3.34. The Balaban J connectivity index is 1.46. The molecular formula is C22H28N4OS. The van der Waals surface area contributed by atoms with E-state index in [0.717, 1.165) is 44.8 Å². The number of aliphatic hydroxyl groups is 1. The summed E-state index contributed by atoms with van der Waals surface area (Å²) in [6.07, 6.45) is 2.96. The van der Waals surface area contributed by atoms with Gasteiger partial charge in [-0.15, -0.1) is 0 Å². The Morgan fingerprint density at radius 2 is 2.00 bits per heavy atom. The highest BCUT2D eigenvalue weighted by Gasteiger charge is 2.27. The van der Waals surface area contributed by atoms with Gasteiger partial charge >= 0.3 is 0 Å². The number of aryl methyl sites for hydroxylation is 1. The number of benzene rings is 1. The summed E-state index contributed by atoms with van der Waals surface area (Å²) in [5.41, 5.74) is 4.88. The maximum Gasteiger partial charge on any atom is 0.0968 e. The van der Waals surface area contributed by atoms with Crippen molar-refractivity contribution >= 4 is 11.3 Å². The lowest BCUT2D eigenvalue weighted by molar-refractivity contribution is 0.0501. The Morgan fingerprint density at radius 3 is 2.75 bits per heavy atom. The van der Waals surface area contributed by atoms with Crippen LogP contribution < -0.4 is 0 Å². The Kier molecular flexibility index (Phi) is 6.22. The van der Waals surface area contributed by atoms with Gasteiger partial charge < -0.3 is 5.11 Å². The van der Waals surface area contributed by atoms with E-state index in [1.165, 1.54) is 16.7 Å². The van der Waals surface area contributed by atoms with Crippen LogP contribution in [0.4, 0.5) is 0 Å². The molecule has 1 aliphatic heterocycles. The summed E-state index contributed by atoms with van der Waals surface area (Å²) in [7, 11) is 1.99. The van der Waals surface area contributed by atoms with Crippen LogP contribution in [0, 0.1) is 0 Å². The molecule has 0 unspecified atom stereocenters. The molecule has 0 aliphatic carbocycles. The van der Waals surface area contributed by atoms with E-state index in [2.05, 4.69) is 57.1 Å². The van der Waals surface area contributed by atoms with Crippen LogP contribution in [0.1, 0.15) is 17.5 Å². The zero-order chi connectivity index (χ0) is 19.3. The first-order chi connectivity index (χ1) is 13.7. The fourth-order valence-electron chi connectivity index (χ4n) is 4.08. The van der Waals surface area contributed by atoms with Crippen LogP contribution in [-0.4, -0.2) is 57.0 Å². The molecule has 0 spiro atoms. The van der Waals surface area contributed by atoms with Crippen LogP contribution in [0.3, 0.4) is 0 Å². The summed E-state index contributed by atoms with van der Waals surface area (Å²) >= 11 is 1.75. The van der Waals surface area contributed by atoms with Gasteiger partial charge in [0.25, 0.3) is 0 Å².